The van der Waals surface area contributed by atoms with Gasteiger partial charge in [0.15, 0.2) is 11.5 Å². The molecule has 1 aromatic carbocycles. The van der Waals surface area contributed by atoms with Crippen molar-refractivity contribution in [1.29, 1.82) is 0 Å². The minimum absolute atomic E-state index is 0.00440. The molecule has 0 heterocycles. The molecular weight excluding hydrogens is 178 g/mol. The van der Waals surface area contributed by atoms with Gasteiger partial charge in [0.05, 0.1) is 0 Å². The first kappa shape index (κ1) is 9.34. The Bertz CT molecular complexity index is 334. The van der Waals surface area contributed by atoms with Crippen LogP contribution in [-0.2, 0) is 0 Å². The third-order valence-electron chi connectivity index (χ3n) is 3.04. The molecule has 0 amide bonds. The number of hydrogen-bond donors (Lipinski definition) is 3. The fraction of sp³-hybridized carbons (Fsp3) is 0.455. The van der Waals surface area contributed by atoms with E-state index in [-0.39, 0.29) is 17.5 Å². The van der Waals surface area contributed by atoms with Crippen molar-refractivity contribution in [2.24, 2.45) is 11.7 Å². The minimum Gasteiger partial charge on any atom is -0.504 e. The number of benzene rings is 1. The van der Waals surface area contributed by atoms with Crippen molar-refractivity contribution in [2.75, 3.05) is 0 Å². The Balaban J connectivity index is 2.18. The molecule has 3 heteroatoms. The van der Waals surface area contributed by atoms with Crippen molar-refractivity contribution < 1.29 is 10.2 Å². The Morgan fingerprint density at radius 3 is 2.43 bits per heavy atom. The summed E-state index contributed by atoms with van der Waals surface area (Å²) in [7, 11) is 0. The molecule has 76 valence electrons. The summed E-state index contributed by atoms with van der Waals surface area (Å²) in [5.74, 6) is 0.366. The van der Waals surface area contributed by atoms with Crippen LogP contribution in [0.2, 0.25) is 0 Å². The Morgan fingerprint density at radius 1 is 1.21 bits per heavy atom. The van der Waals surface area contributed by atoms with E-state index in [1.807, 2.05) is 0 Å². The highest BCUT2D eigenvalue weighted by atomic mass is 16.3. The van der Waals surface area contributed by atoms with Gasteiger partial charge in [0.2, 0.25) is 0 Å². The molecule has 1 fully saturated rings. The smallest absolute Gasteiger partial charge is 0.157 e. The van der Waals surface area contributed by atoms with Gasteiger partial charge in [-0.2, -0.15) is 0 Å². The molecule has 0 unspecified atom stereocenters. The van der Waals surface area contributed by atoms with Crippen LogP contribution in [0.1, 0.15) is 30.9 Å². The van der Waals surface area contributed by atoms with Gasteiger partial charge in [-0.3, -0.25) is 0 Å². The molecule has 1 aromatic rings. The average molecular weight is 193 g/mol. The van der Waals surface area contributed by atoms with Crippen molar-refractivity contribution in [1.82, 2.24) is 0 Å². The Labute approximate surface area is 83.2 Å². The highest BCUT2D eigenvalue weighted by molar-refractivity contribution is 5.41. The van der Waals surface area contributed by atoms with Crippen molar-refractivity contribution in [2.45, 2.75) is 25.3 Å². The normalized spacial score (nSPS) is 18.9. The highest BCUT2D eigenvalue weighted by Gasteiger charge is 2.25. The summed E-state index contributed by atoms with van der Waals surface area (Å²) < 4.78 is 0. The van der Waals surface area contributed by atoms with Gasteiger partial charge in [0.25, 0.3) is 0 Å². The van der Waals surface area contributed by atoms with E-state index in [1.54, 1.807) is 12.1 Å². The zero-order valence-corrected chi connectivity index (χ0v) is 7.98. The Kier molecular flexibility index (Phi) is 2.33. The molecular formula is C11H15NO2. The summed E-state index contributed by atoms with van der Waals surface area (Å²) in [4.78, 5) is 0. The summed E-state index contributed by atoms with van der Waals surface area (Å²) in [6.45, 7) is 0. The molecule has 0 radical (unpaired) electrons. The number of aromatic hydroxyl groups is 2. The van der Waals surface area contributed by atoms with Crippen LogP contribution >= 0.6 is 0 Å². The lowest BCUT2D eigenvalue weighted by Gasteiger charge is -2.31. The van der Waals surface area contributed by atoms with Crippen molar-refractivity contribution in [3.05, 3.63) is 23.8 Å². The molecule has 3 nitrogen and oxygen atoms in total. The van der Waals surface area contributed by atoms with Crippen LogP contribution in [0.25, 0.3) is 0 Å². The van der Waals surface area contributed by atoms with Crippen LogP contribution in [0.3, 0.4) is 0 Å². The molecule has 0 spiro atoms. The first-order valence-electron chi connectivity index (χ1n) is 4.96. The lowest BCUT2D eigenvalue weighted by Crippen LogP contribution is -2.26. The van der Waals surface area contributed by atoms with Gasteiger partial charge < -0.3 is 15.9 Å². The van der Waals surface area contributed by atoms with E-state index in [4.69, 9.17) is 10.8 Å². The van der Waals surface area contributed by atoms with Crippen molar-refractivity contribution in [3.63, 3.8) is 0 Å². The van der Waals surface area contributed by atoms with Gasteiger partial charge in [0, 0.05) is 6.04 Å². The zero-order valence-electron chi connectivity index (χ0n) is 7.98. The van der Waals surface area contributed by atoms with E-state index < -0.39 is 0 Å². The quantitative estimate of drug-likeness (QED) is 0.628. The second kappa shape index (κ2) is 3.50. The summed E-state index contributed by atoms with van der Waals surface area (Å²) in [6.07, 6.45) is 3.59. The molecule has 1 atom stereocenters. The third-order valence-corrected chi connectivity index (χ3v) is 3.04. The van der Waals surface area contributed by atoms with E-state index in [2.05, 4.69) is 0 Å². The summed E-state index contributed by atoms with van der Waals surface area (Å²) in [6, 6.07) is 4.81. The van der Waals surface area contributed by atoms with Gasteiger partial charge in [-0.25, -0.2) is 0 Å². The van der Waals surface area contributed by atoms with Crippen LogP contribution < -0.4 is 5.73 Å². The van der Waals surface area contributed by atoms with E-state index in [9.17, 15) is 5.11 Å². The lowest BCUT2D eigenvalue weighted by molar-refractivity contribution is 0.264. The van der Waals surface area contributed by atoms with E-state index in [0.717, 1.165) is 5.56 Å². The highest BCUT2D eigenvalue weighted by Crippen LogP contribution is 2.38. The van der Waals surface area contributed by atoms with Crippen LogP contribution in [-0.4, -0.2) is 10.2 Å². The summed E-state index contributed by atoms with van der Waals surface area (Å²) in [5, 5.41) is 18.5. The van der Waals surface area contributed by atoms with E-state index >= 15 is 0 Å². The molecule has 2 rings (SSSR count). The number of nitrogens with two attached hydrogens (primary N) is 1. The standard InChI is InChI=1S/C11H15NO2/c12-11(7-2-1-3-7)8-4-5-9(13)10(14)6-8/h4-7,11,13-14H,1-3,12H2/t11-/m1/s1. The average Bonchev–Trinajstić information content (AvgIpc) is 2.06. The monoisotopic (exact) mass is 193 g/mol. The summed E-state index contributed by atoms with van der Waals surface area (Å²) in [5.41, 5.74) is 6.93. The lowest BCUT2D eigenvalue weighted by atomic mass is 9.77. The fourth-order valence-electron chi connectivity index (χ4n) is 1.82. The minimum atomic E-state index is -0.0884. The maximum atomic E-state index is 9.32. The molecule has 0 bridgehead atoms. The van der Waals surface area contributed by atoms with E-state index in [0.29, 0.717) is 5.92 Å². The SMILES string of the molecule is N[C@@H](c1ccc(O)c(O)c1)C1CCC1. The number of rotatable bonds is 2. The molecule has 1 saturated carbocycles. The van der Waals surface area contributed by atoms with Gasteiger partial charge in [0.1, 0.15) is 0 Å². The second-order valence-electron chi connectivity index (χ2n) is 3.96. The van der Waals surface area contributed by atoms with Gasteiger partial charge in [-0.15, -0.1) is 0 Å². The van der Waals surface area contributed by atoms with Crippen LogP contribution in [0.15, 0.2) is 18.2 Å². The molecule has 0 saturated heterocycles. The molecule has 0 aliphatic heterocycles. The summed E-state index contributed by atoms with van der Waals surface area (Å²) >= 11 is 0. The first-order valence-corrected chi connectivity index (χ1v) is 4.96. The number of phenols is 2. The van der Waals surface area contributed by atoms with Gasteiger partial charge in [-0.05, 0) is 36.5 Å². The fourth-order valence-corrected chi connectivity index (χ4v) is 1.82. The van der Waals surface area contributed by atoms with E-state index in [1.165, 1.54) is 25.3 Å². The van der Waals surface area contributed by atoms with Crippen LogP contribution in [0.5, 0.6) is 11.5 Å². The second-order valence-corrected chi connectivity index (χ2v) is 3.96. The predicted octanol–water partition coefficient (Wildman–Crippen LogP) is 1.90. The molecule has 4 N–H and O–H groups in total. The van der Waals surface area contributed by atoms with Gasteiger partial charge in [-0.1, -0.05) is 12.5 Å². The number of phenolic OH excluding ortho intramolecular Hbond substituents is 2. The Morgan fingerprint density at radius 2 is 1.93 bits per heavy atom. The Hall–Kier alpha value is -1.22. The third kappa shape index (κ3) is 1.55. The van der Waals surface area contributed by atoms with Gasteiger partial charge >= 0.3 is 0 Å². The molecule has 14 heavy (non-hydrogen) atoms. The van der Waals surface area contributed by atoms with Crippen LogP contribution in [0.4, 0.5) is 0 Å². The maximum absolute atomic E-state index is 9.32. The molecule has 1 aliphatic rings. The number of hydrogen-bond acceptors (Lipinski definition) is 3. The topological polar surface area (TPSA) is 66.5 Å². The van der Waals surface area contributed by atoms with Crippen molar-refractivity contribution >= 4 is 0 Å². The molecule has 0 aromatic heterocycles. The predicted molar refractivity (Wildman–Crippen MR) is 54.0 cm³/mol. The molecule has 1 aliphatic carbocycles. The van der Waals surface area contributed by atoms with Crippen LogP contribution in [0, 0.1) is 5.92 Å². The van der Waals surface area contributed by atoms with Crippen molar-refractivity contribution in [3.8, 4) is 11.5 Å². The largest absolute Gasteiger partial charge is 0.504 e. The first-order chi connectivity index (χ1) is 6.68. The zero-order chi connectivity index (χ0) is 10.1. The maximum Gasteiger partial charge on any atom is 0.157 e.